The molecule has 3 aromatic heterocycles. The van der Waals surface area contributed by atoms with Crippen molar-refractivity contribution in [3.05, 3.63) is 69.7 Å². The molecule has 0 radical (unpaired) electrons. The number of imidazole rings is 1. The minimum absolute atomic E-state index is 0.985. The van der Waals surface area contributed by atoms with E-state index in [-0.39, 0.29) is 0 Å². The second-order valence-electron chi connectivity index (χ2n) is 7.00. The molecule has 132 valence electrons. The maximum absolute atomic E-state index is 5.00. The van der Waals surface area contributed by atoms with Gasteiger partial charge in [0.25, 0.3) is 0 Å². The van der Waals surface area contributed by atoms with Gasteiger partial charge in [-0.2, -0.15) is 0 Å². The fraction of sp³-hybridized carbons (Fsp3) is 0.227. The number of rotatable bonds is 3. The lowest BCUT2D eigenvalue weighted by Crippen LogP contribution is -2.02. The van der Waals surface area contributed by atoms with Gasteiger partial charge in [0.1, 0.15) is 17.2 Å². The van der Waals surface area contributed by atoms with Crippen molar-refractivity contribution in [2.24, 2.45) is 0 Å². The number of hydrogen-bond donors (Lipinski definition) is 1. The van der Waals surface area contributed by atoms with E-state index in [1.807, 2.05) is 0 Å². The first-order chi connectivity index (χ1) is 12.5. The van der Waals surface area contributed by atoms with E-state index >= 15 is 0 Å². The van der Waals surface area contributed by atoms with E-state index in [0.29, 0.717) is 0 Å². The Morgan fingerprint density at radius 2 is 1.65 bits per heavy atom. The minimum Gasteiger partial charge on any atom is -0.339 e. The highest BCUT2D eigenvalue weighted by molar-refractivity contribution is 7.13. The monoisotopic (exact) mass is 361 g/mol. The SMILES string of the molecule is Cc1cc(C)n2c(Nc3c(C)cccc3C)c(-c3sccc3C)nc2c1. The van der Waals surface area contributed by atoms with Crippen LogP contribution >= 0.6 is 11.3 Å². The lowest BCUT2D eigenvalue weighted by Gasteiger charge is -2.15. The van der Waals surface area contributed by atoms with E-state index in [4.69, 9.17) is 4.98 Å². The average Bonchev–Trinajstić information content (AvgIpc) is 3.14. The number of thiophene rings is 1. The van der Waals surface area contributed by atoms with E-state index in [0.717, 1.165) is 22.8 Å². The molecule has 0 aliphatic heterocycles. The van der Waals surface area contributed by atoms with Crippen molar-refractivity contribution in [2.45, 2.75) is 34.6 Å². The molecule has 4 aromatic rings. The molecule has 26 heavy (non-hydrogen) atoms. The van der Waals surface area contributed by atoms with Gasteiger partial charge in [0.05, 0.1) is 4.88 Å². The van der Waals surface area contributed by atoms with E-state index in [2.05, 4.69) is 86.1 Å². The smallest absolute Gasteiger partial charge is 0.144 e. The molecule has 4 heteroatoms. The summed E-state index contributed by atoms with van der Waals surface area (Å²) >= 11 is 1.75. The fourth-order valence-electron chi connectivity index (χ4n) is 3.55. The number of aryl methyl sites for hydroxylation is 5. The predicted molar refractivity (Wildman–Crippen MR) is 112 cm³/mol. The molecule has 1 aromatic carbocycles. The molecule has 0 saturated carbocycles. The van der Waals surface area contributed by atoms with Crippen LogP contribution in [0.1, 0.15) is 27.9 Å². The molecule has 0 fully saturated rings. The fourth-order valence-corrected chi connectivity index (χ4v) is 4.47. The van der Waals surface area contributed by atoms with Crippen molar-refractivity contribution in [3.8, 4) is 10.6 Å². The number of benzene rings is 1. The van der Waals surface area contributed by atoms with Crippen LogP contribution in [0, 0.1) is 34.6 Å². The van der Waals surface area contributed by atoms with Crippen LogP contribution < -0.4 is 5.32 Å². The third kappa shape index (κ3) is 2.71. The van der Waals surface area contributed by atoms with Gasteiger partial charge in [0.15, 0.2) is 0 Å². The van der Waals surface area contributed by atoms with Gasteiger partial charge in [-0.3, -0.25) is 4.40 Å². The first-order valence-electron chi connectivity index (χ1n) is 8.83. The maximum atomic E-state index is 5.00. The minimum atomic E-state index is 0.985. The summed E-state index contributed by atoms with van der Waals surface area (Å²) < 4.78 is 2.23. The van der Waals surface area contributed by atoms with Gasteiger partial charge < -0.3 is 5.32 Å². The number of anilines is 2. The Morgan fingerprint density at radius 1 is 0.923 bits per heavy atom. The molecule has 4 rings (SSSR count). The second kappa shape index (κ2) is 6.29. The highest BCUT2D eigenvalue weighted by Gasteiger charge is 2.19. The molecule has 3 heterocycles. The Labute approximate surface area is 158 Å². The molecule has 0 amide bonds. The van der Waals surface area contributed by atoms with Crippen molar-refractivity contribution in [1.29, 1.82) is 0 Å². The van der Waals surface area contributed by atoms with Crippen LogP contribution in [0.15, 0.2) is 41.8 Å². The van der Waals surface area contributed by atoms with Crippen LogP contribution in [0.3, 0.4) is 0 Å². The Kier molecular flexibility index (Phi) is 4.08. The summed E-state index contributed by atoms with van der Waals surface area (Å²) in [5.74, 6) is 1.04. The molecule has 3 nitrogen and oxygen atoms in total. The zero-order valence-electron chi connectivity index (χ0n) is 15.8. The number of pyridine rings is 1. The van der Waals surface area contributed by atoms with Crippen LogP contribution in [-0.4, -0.2) is 9.38 Å². The number of aromatic nitrogens is 2. The Balaban J connectivity index is 2.01. The van der Waals surface area contributed by atoms with E-state index in [1.54, 1.807) is 11.3 Å². The summed E-state index contributed by atoms with van der Waals surface area (Å²) in [5, 5.41) is 5.85. The Hall–Kier alpha value is -2.59. The van der Waals surface area contributed by atoms with Crippen LogP contribution in [0.4, 0.5) is 11.5 Å². The highest BCUT2D eigenvalue weighted by Crippen LogP contribution is 2.38. The quantitative estimate of drug-likeness (QED) is 0.461. The first-order valence-corrected chi connectivity index (χ1v) is 9.71. The topological polar surface area (TPSA) is 29.3 Å². The molecular weight excluding hydrogens is 338 g/mol. The molecule has 0 saturated heterocycles. The van der Waals surface area contributed by atoms with Gasteiger partial charge in [-0.1, -0.05) is 18.2 Å². The van der Waals surface area contributed by atoms with Gasteiger partial charge in [0.2, 0.25) is 0 Å². The zero-order valence-corrected chi connectivity index (χ0v) is 16.7. The first kappa shape index (κ1) is 16.9. The van der Waals surface area contributed by atoms with Crippen LogP contribution in [0.5, 0.6) is 0 Å². The van der Waals surface area contributed by atoms with Gasteiger partial charge in [0, 0.05) is 11.4 Å². The lowest BCUT2D eigenvalue weighted by atomic mass is 10.1. The zero-order chi connectivity index (χ0) is 18.4. The summed E-state index contributed by atoms with van der Waals surface area (Å²) in [4.78, 5) is 6.23. The van der Waals surface area contributed by atoms with Crippen molar-refractivity contribution >= 4 is 28.5 Å². The van der Waals surface area contributed by atoms with Gasteiger partial charge in [-0.25, -0.2) is 4.98 Å². The maximum Gasteiger partial charge on any atom is 0.144 e. The third-order valence-electron chi connectivity index (χ3n) is 4.85. The normalized spacial score (nSPS) is 11.3. The summed E-state index contributed by atoms with van der Waals surface area (Å²) in [6, 6.07) is 12.9. The third-order valence-corrected chi connectivity index (χ3v) is 5.87. The summed E-state index contributed by atoms with van der Waals surface area (Å²) in [6.45, 7) is 10.7. The van der Waals surface area contributed by atoms with E-state index in [1.165, 1.54) is 32.8 Å². The molecule has 0 aliphatic rings. The molecule has 0 bridgehead atoms. The number of nitrogens with zero attached hydrogens (tertiary/aromatic N) is 2. The summed E-state index contributed by atoms with van der Waals surface area (Å²) in [6.07, 6.45) is 0. The highest BCUT2D eigenvalue weighted by atomic mass is 32.1. The number of fused-ring (bicyclic) bond motifs is 1. The Bertz CT molecular complexity index is 1100. The molecule has 1 N–H and O–H groups in total. The van der Waals surface area contributed by atoms with Crippen molar-refractivity contribution in [3.63, 3.8) is 0 Å². The lowest BCUT2D eigenvalue weighted by molar-refractivity contribution is 1.08. The van der Waals surface area contributed by atoms with Crippen molar-refractivity contribution < 1.29 is 0 Å². The van der Waals surface area contributed by atoms with Crippen LogP contribution in [-0.2, 0) is 0 Å². The number of hydrogen-bond acceptors (Lipinski definition) is 3. The van der Waals surface area contributed by atoms with Crippen LogP contribution in [0.25, 0.3) is 16.2 Å². The predicted octanol–water partition coefficient (Wildman–Crippen LogP) is 6.35. The molecule has 0 atom stereocenters. The van der Waals surface area contributed by atoms with Gasteiger partial charge in [-0.05, 0) is 80.5 Å². The largest absolute Gasteiger partial charge is 0.339 e. The van der Waals surface area contributed by atoms with Crippen molar-refractivity contribution in [1.82, 2.24) is 9.38 Å². The molecule has 0 aliphatic carbocycles. The molecule has 0 unspecified atom stereocenters. The van der Waals surface area contributed by atoms with Gasteiger partial charge in [-0.15, -0.1) is 11.3 Å². The average molecular weight is 362 g/mol. The number of nitrogens with one attached hydrogen (secondary N) is 1. The summed E-state index contributed by atoms with van der Waals surface area (Å²) in [5.41, 5.74) is 9.31. The molecular formula is C22H23N3S. The van der Waals surface area contributed by atoms with Gasteiger partial charge >= 0.3 is 0 Å². The van der Waals surface area contributed by atoms with Crippen molar-refractivity contribution in [2.75, 3.05) is 5.32 Å². The second-order valence-corrected chi connectivity index (χ2v) is 7.92. The Morgan fingerprint density at radius 3 is 2.31 bits per heavy atom. The summed E-state index contributed by atoms with van der Waals surface area (Å²) in [7, 11) is 0. The molecule has 0 spiro atoms. The standard InChI is InChI=1S/C22H23N3S/c1-13-11-17(5)25-18(12-13)23-20(21-16(4)9-10-26-21)22(25)24-19-14(2)7-6-8-15(19)3/h6-12,24H,1-5H3. The van der Waals surface area contributed by atoms with E-state index < -0.39 is 0 Å². The number of para-hydroxylation sites is 1. The van der Waals surface area contributed by atoms with Crippen LogP contribution in [0.2, 0.25) is 0 Å². The van der Waals surface area contributed by atoms with E-state index in [9.17, 15) is 0 Å².